The van der Waals surface area contributed by atoms with Gasteiger partial charge in [-0.05, 0) is 35.9 Å². The van der Waals surface area contributed by atoms with Gasteiger partial charge in [-0.1, -0.05) is 30.3 Å². The van der Waals surface area contributed by atoms with E-state index in [1.54, 1.807) is 4.68 Å². The van der Waals surface area contributed by atoms with E-state index in [1.165, 1.54) is 24.0 Å². The van der Waals surface area contributed by atoms with Gasteiger partial charge in [0.2, 0.25) is 0 Å². The molecule has 3 N–H and O–H groups in total. The van der Waals surface area contributed by atoms with Crippen molar-refractivity contribution >= 4 is 17.2 Å². The zero-order valence-corrected chi connectivity index (χ0v) is 17.3. The maximum Gasteiger partial charge on any atom is 0.252 e. The molecular weight excluding hydrogens is 395 g/mol. The fourth-order valence-electron chi connectivity index (χ4n) is 4.57. The van der Waals surface area contributed by atoms with E-state index in [0.717, 1.165) is 29.1 Å². The van der Waals surface area contributed by atoms with Gasteiger partial charge in [0.15, 0.2) is 0 Å². The number of amides is 1. The molecule has 0 saturated carbocycles. The van der Waals surface area contributed by atoms with E-state index in [1.807, 2.05) is 20.2 Å². The third kappa shape index (κ3) is 3.29. The molecule has 3 aromatic rings. The Morgan fingerprint density at radius 3 is 2.77 bits per heavy atom. The maximum absolute atomic E-state index is 14.4. The van der Waals surface area contributed by atoms with E-state index in [9.17, 15) is 9.18 Å². The smallest absolute Gasteiger partial charge is 0.252 e. The van der Waals surface area contributed by atoms with Gasteiger partial charge in [-0.3, -0.25) is 9.48 Å². The number of carbonyl (C=O) groups excluding carboxylic acids is 1. The zero-order valence-electron chi connectivity index (χ0n) is 17.3. The van der Waals surface area contributed by atoms with Crippen LogP contribution in [-0.4, -0.2) is 34.3 Å². The van der Waals surface area contributed by atoms with Crippen LogP contribution in [0, 0.1) is 5.82 Å². The molecular formula is C23H23FN6O. The third-order valence-corrected chi connectivity index (χ3v) is 5.94. The number of hydrogen-bond acceptors (Lipinski definition) is 5. The maximum atomic E-state index is 14.4. The van der Waals surface area contributed by atoms with Crippen LogP contribution in [0.15, 0.2) is 48.8 Å². The van der Waals surface area contributed by atoms with Crippen molar-refractivity contribution in [2.75, 3.05) is 18.9 Å². The lowest BCUT2D eigenvalue weighted by atomic mass is 9.77. The summed E-state index contributed by atoms with van der Waals surface area (Å²) in [7, 11) is 3.77. The largest absolute Gasteiger partial charge is 0.377 e. The minimum atomic E-state index is -0.446. The molecule has 0 spiro atoms. The normalized spacial score (nSPS) is 19.7. The molecule has 0 radical (unpaired) electrons. The van der Waals surface area contributed by atoms with E-state index >= 15 is 0 Å². The molecule has 0 saturated heterocycles. The van der Waals surface area contributed by atoms with Crippen molar-refractivity contribution in [2.24, 2.45) is 7.05 Å². The minimum absolute atomic E-state index is 0.201. The molecule has 3 heterocycles. The molecule has 2 atom stereocenters. The molecule has 158 valence electrons. The lowest BCUT2D eigenvalue weighted by molar-refractivity contribution is 0.0958. The summed E-state index contributed by atoms with van der Waals surface area (Å²) in [6.45, 7) is 1.15. The van der Waals surface area contributed by atoms with Gasteiger partial charge in [-0.25, -0.2) is 9.37 Å². The first-order chi connectivity index (χ1) is 15.1. The number of rotatable bonds is 4. The summed E-state index contributed by atoms with van der Waals surface area (Å²) in [5.74, 6) is -0.154. The van der Waals surface area contributed by atoms with Crippen LogP contribution in [-0.2, 0) is 13.6 Å². The van der Waals surface area contributed by atoms with Gasteiger partial charge in [0.05, 0.1) is 17.5 Å². The molecule has 0 fully saturated rings. The zero-order chi connectivity index (χ0) is 21.5. The van der Waals surface area contributed by atoms with Gasteiger partial charge in [0.1, 0.15) is 18.0 Å². The molecule has 1 amide bonds. The Kier molecular flexibility index (Phi) is 4.78. The Bertz CT molecular complexity index is 1180. The van der Waals surface area contributed by atoms with E-state index in [4.69, 9.17) is 0 Å². The quantitative estimate of drug-likeness (QED) is 0.607. The predicted molar refractivity (Wildman–Crippen MR) is 116 cm³/mol. The van der Waals surface area contributed by atoms with Crippen LogP contribution in [0.4, 0.5) is 10.1 Å². The SMILES string of the molecule is CNCc1ccc(C2Nc3cc(F)cc4c3C(=CCNC4=O)C2c2ncnn2C)cc1. The molecule has 2 aliphatic heterocycles. The average Bonchev–Trinajstić information content (AvgIpc) is 3.11. The number of aromatic nitrogens is 3. The second kappa shape index (κ2) is 7.63. The van der Waals surface area contributed by atoms with Gasteiger partial charge in [0, 0.05) is 31.4 Å². The highest BCUT2D eigenvalue weighted by molar-refractivity contribution is 6.04. The summed E-state index contributed by atoms with van der Waals surface area (Å²) in [4.78, 5) is 17.2. The van der Waals surface area contributed by atoms with Gasteiger partial charge in [-0.2, -0.15) is 5.10 Å². The Hall–Kier alpha value is -3.52. The van der Waals surface area contributed by atoms with E-state index in [2.05, 4.69) is 50.3 Å². The number of nitrogens with zero attached hydrogens (tertiary/aromatic N) is 3. The van der Waals surface area contributed by atoms with Crippen LogP contribution in [0.5, 0.6) is 0 Å². The first-order valence-electron chi connectivity index (χ1n) is 10.2. The van der Waals surface area contributed by atoms with Crippen LogP contribution in [0.3, 0.4) is 0 Å². The van der Waals surface area contributed by atoms with Gasteiger partial charge >= 0.3 is 0 Å². The summed E-state index contributed by atoms with van der Waals surface area (Å²) in [6, 6.07) is 10.9. The standard InChI is InChI=1S/C23H23FN6O/c1-25-11-13-3-5-14(6-4-13)21-20(22-27-12-28-30(22)2)16-7-8-26-23(31)17-9-15(24)10-18(29-21)19(16)17/h3-7,9-10,12,20-21,25,29H,8,11H2,1-2H3,(H,26,31). The molecule has 2 aromatic carbocycles. The number of nitrogens with one attached hydrogen (secondary N) is 3. The minimum Gasteiger partial charge on any atom is -0.377 e. The van der Waals surface area contributed by atoms with Crippen molar-refractivity contribution in [1.29, 1.82) is 0 Å². The summed E-state index contributed by atoms with van der Waals surface area (Å²) >= 11 is 0. The van der Waals surface area contributed by atoms with Gasteiger partial charge in [-0.15, -0.1) is 0 Å². The Balaban J connectivity index is 1.71. The molecule has 8 heteroatoms. The van der Waals surface area contributed by atoms with E-state index in [0.29, 0.717) is 17.8 Å². The van der Waals surface area contributed by atoms with Crippen molar-refractivity contribution in [3.63, 3.8) is 0 Å². The first-order valence-corrected chi connectivity index (χ1v) is 10.2. The fourth-order valence-corrected chi connectivity index (χ4v) is 4.57. The Morgan fingerprint density at radius 2 is 2.06 bits per heavy atom. The molecule has 1 aromatic heterocycles. The van der Waals surface area contributed by atoms with Crippen molar-refractivity contribution in [2.45, 2.75) is 18.5 Å². The fraction of sp³-hybridized carbons (Fsp3) is 0.261. The van der Waals surface area contributed by atoms with Crippen molar-refractivity contribution in [3.8, 4) is 0 Å². The van der Waals surface area contributed by atoms with Crippen LogP contribution in [0.2, 0.25) is 0 Å². The van der Waals surface area contributed by atoms with Crippen molar-refractivity contribution in [3.05, 3.63) is 82.7 Å². The Morgan fingerprint density at radius 1 is 1.26 bits per heavy atom. The van der Waals surface area contributed by atoms with Crippen molar-refractivity contribution < 1.29 is 9.18 Å². The van der Waals surface area contributed by atoms with Crippen LogP contribution in [0.25, 0.3) is 5.57 Å². The highest BCUT2D eigenvalue weighted by Crippen LogP contribution is 2.50. The molecule has 0 aliphatic carbocycles. The van der Waals surface area contributed by atoms with Crippen molar-refractivity contribution in [1.82, 2.24) is 25.4 Å². The van der Waals surface area contributed by atoms with Gasteiger partial charge in [0.25, 0.3) is 5.91 Å². The number of benzene rings is 2. The second-order valence-electron chi connectivity index (χ2n) is 7.86. The average molecular weight is 418 g/mol. The van der Waals surface area contributed by atoms with E-state index in [-0.39, 0.29) is 17.9 Å². The highest BCUT2D eigenvalue weighted by Gasteiger charge is 2.40. The second-order valence-corrected chi connectivity index (χ2v) is 7.86. The lowest BCUT2D eigenvalue weighted by Gasteiger charge is -2.37. The van der Waals surface area contributed by atoms with Crippen LogP contribution < -0.4 is 16.0 Å². The Labute approximate surface area is 179 Å². The molecule has 0 bridgehead atoms. The number of aryl methyl sites for hydroxylation is 1. The number of hydrogen-bond donors (Lipinski definition) is 3. The molecule has 31 heavy (non-hydrogen) atoms. The molecule has 2 aliphatic rings. The number of halogens is 1. The third-order valence-electron chi connectivity index (χ3n) is 5.94. The van der Waals surface area contributed by atoms with Crippen LogP contribution in [0.1, 0.15) is 44.8 Å². The lowest BCUT2D eigenvalue weighted by Crippen LogP contribution is -2.29. The summed E-state index contributed by atoms with van der Waals surface area (Å²) in [5.41, 5.74) is 4.85. The monoisotopic (exact) mass is 418 g/mol. The number of anilines is 1. The first kappa shape index (κ1) is 19.4. The highest BCUT2D eigenvalue weighted by atomic mass is 19.1. The van der Waals surface area contributed by atoms with Crippen LogP contribution >= 0.6 is 0 Å². The van der Waals surface area contributed by atoms with E-state index < -0.39 is 5.82 Å². The summed E-state index contributed by atoms with van der Waals surface area (Å²) in [6.07, 6.45) is 3.54. The molecule has 2 unspecified atom stereocenters. The molecule has 7 nitrogen and oxygen atoms in total. The predicted octanol–water partition coefficient (Wildman–Crippen LogP) is 2.75. The topological polar surface area (TPSA) is 83.9 Å². The van der Waals surface area contributed by atoms with Gasteiger partial charge < -0.3 is 16.0 Å². The molecule has 5 rings (SSSR count). The number of carbonyl (C=O) groups is 1. The summed E-state index contributed by atoms with van der Waals surface area (Å²) in [5, 5.41) is 13.8. The summed E-state index contributed by atoms with van der Waals surface area (Å²) < 4.78 is 16.2.